The van der Waals surface area contributed by atoms with Crippen LogP contribution in [-0.4, -0.2) is 70.0 Å². The molecule has 7 nitrogen and oxygen atoms in total. The highest BCUT2D eigenvalue weighted by molar-refractivity contribution is 7.92. The topological polar surface area (TPSA) is 70.2 Å². The summed E-state index contributed by atoms with van der Waals surface area (Å²) in [6.07, 6.45) is 4.98. The number of carbonyl (C=O) groups excluding carboxylic acids is 1. The molecule has 2 aliphatic heterocycles. The van der Waals surface area contributed by atoms with E-state index in [0.29, 0.717) is 31.8 Å². The first-order chi connectivity index (χ1) is 18.0. The number of hydrogen-bond acceptors (Lipinski definition) is 5. The van der Waals surface area contributed by atoms with Gasteiger partial charge in [0.2, 0.25) is 0 Å². The van der Waals surface area contributed by atoms with Crippen molar-refractivity contribution in [1.29, 1.82) is 0 Å². The van der Waals surface area contributed by atoms with Crippen molar-refractivity contribution in [3.63, 3.8) is 0 Å². The number of ether oxygens (including phenoxy) is 1. The first-order valence-corrected chi connectivity index (χ1v) is 14.0. The van der Waals surface area contributed by atoms with Crippen LogP contribution < -0.4 is 9.04 Å². The number of sulfonamides is 1. The summed E-state index contributed by atoms with van der Waals surface area (Å²) in [4.78, 5) is 17.0. The van der Waals surface area contributed by atoms with Gasteiger partial charge in [-0.2, -0.15) is 0 Å². The van der Waals surface area contributed by atoms with E-state index in [2.05, 4.69) is 29.2 Å². The van der Waals surface area contributed by atoms with Crippen LogP contribution in [0.5, 0.6) is 5.75 Å². The first-order valence-electron chi connectivity index (χ1n) is 12.6. The number of para-hydroxylation sites is 1. The van der Waals surface area contributed by atoms with Crippen molar-refractivity contribution >= 4 is 27.7 Å². The SMILES string of the molecule is O=C(COc1ccc(S(=O)(=O)N2CCc3ccccc32)cc1)N1CCN(C/C=C/c2ccccc2)CC1. The average molecular weight is 518 g/mol. The van der Waals surface area contributed by atoms with Gasteiger partial charge < -0.3 is 9.64 Å². The van der Waals surface area contributed by atoms with Crippen LogP contribution in [0.2, 0.25) is 0 Å². The quantitative estimate of drug-likeness (QED) is 0.456. The molecule has 1 fully saturated rings. The maximum atomic E-state index is 13.2. The number of nitrogens with zero attached hydrogens (tertiary/aromatic N) is 3. The molecule has 0 saturated carbocycles. The Morgan fingerprint density at radius 1 is 0.838 bits per heavy atom. The summed E-state index contributed by atoms with van der Waals surface area (Å²) in [5.74, 6) is 0.406. The van der Waals surface area contributed by atoms with Crippen molar-refractivity contribution in [3.05, 3.63) is 96.1 Å². The van der Waals surface area contributed by atoms with Crippen LogP contribution in [0.15, 0.2) is 89.8 Å². The van der Waals surface area contributed by atoms with Crippen LogP contribution in [-0.2, 0) is 21.2 Å². The highest BCUT2D eigenvalue weighted by Crippen LogP contribution is 2.33. The van der Waals surface area contributed by atoms with Crippen molar-refractivity contribution in [2.75, 3.05) is 50.2 Å². The van der Waals surface area contributed by atoms with E-state index in [1.54, 1.807) is 12.1 Å². The van der Waals surface area contributed by atoms with E-state index in [1.165, 1.54) is 22.0 Å². The van der Waals surface area contributed by atoms with E-state index >= 15 is 0 Å². The molecular weight excluding hydrogens is 486 g/mol. The van der Waals surface area contributed by atoms with E-state index in [9.17, 15) is 13.2 Å². The zero-order valence-electron chi connectivity index (χ0n) is 20.7. The number of fused-ring (bicyclic) bond motifs is 1. The molecule has 0 bridgehead atoms. The summed E-state index contributed by atoms with van der Waals surface area (Å²) in [7, 11) is -3.65. The van der Waals surface area contributed by atoms with Crippen molar-refractivity contribution in [2.24, 2.45) is 0 Å². The molecule has 37 heavy (non-hydrogen) atoms. The predicted octanol–water partition coefficient (Wildman–Crippen LogP) is 3.67. The molecule has 192 valence electrons. The van der Waals surface area contributed by atoms with Crippen LogP contribution in [0, 0.1) is 0 Å². The second-order valence-corrected chi connectivity index (χ2v) is 11.1. The summed E-state index contributed by atoms with van der Waals surface area (Å²) in [5.41, 5.74) is 2.95. The van der Waals surface area contributed by atoms with Crippen molar-refractivity contribution in [3.8, 4) is 5.75 Å². The summed E-state index contributed by atoms with van der Waals surface area (Å²) in [6.45, 7) is 4.18. The lowest BCUT2D eigenvalue weighted by Gasteiger charge is -2.34. The Morgan fingerprint density at radius 3 is 2.30 bits per heavy atom. The van der Waals surface area contributed by atoms with E-state index < -0.39 is 10.0 Å². The number of amides is 1. The lowest BCUT2D eigenvalue weighted by atomic mass is 10.2. The summed E-state index contributed by atoms with van der Waals surface area (Å²) in [6, 6.07) is 24.1. The number of rotatable bonds is 8. The molecule has 1 saturated heterocycles. The van der Waals surface area contributed by atoms with Crippen molar-refractivity contribution in [1.82, 2.24) is 9.80 Å². The number of benzene rings is 3. The molecule has 2 heterocycles. The first kappa shape index (κ1) is 25.0. The van der Waals surface area contributed by atoms with Crippen LogP contribution in [0.3, 0.4) is 0 Å². The molecule has 0 atom stereocenters. The molecule has 0 N–H and O–H groups in total. The van der Waals surface area contributed by atoms with Gasteiger partial charge >= 0.3 is 0 Å². The third kappa shape index (κ3) is 5.87. The Bertz CT molecular complexity index is 1350. The highest BCUT2D eigenvalue weighted by Gasteiger charge is 2.30. The summed E-state index contributed by atoms with van der Waals surface area (Å²) >= 11 is 0. The minimum absolute atomic E-state index is 0.0650. The third-order valence-corrected chi connectivity index (χ3v) is 8.64. The minimum atomic E-state index is -3.65. The zero-order chi connectivity index (χ0) is 25.7. The van der Waals surface area contributed by atoms with E-state index in [1.807, 2.05) is 47.4 Å². The molecule has 0 spiro atoms. The van der Waals surface area contributed by atoms with Gasteiger partial charge in [0.25, 0.3) is 15.9 Å². The Balaban J connectivity index is 1.09. The van der Waals surface area contributed by atoms with Crippen LogP contribution >= 0.6 is 0 Å². The van der Waals surface area contributed by atoms with Crippen molar-refractivity contribution in [2.45, 2.75) is 11.3 Å². The van der Waals surface area contributed by atoms with Gasteiger partial charge in [-0.25, -0.2) is 8.42 Å². The second kappa shape index (κ2) is 11.2. The van der Waals surface area contributed by atoms with Gasteiger partial charge in [-0.15, -0.1) is 0 Å². The zero-order valence-corrected chi connectivity index (χ0v) is 21.5. The standard InChI is InChI=1S/C29H31N3O4S/c33-29(31-21-19-30(20-22-31)17-6-9-24-7-2-1-3-8-24)23-36-26-12-14-27(15-13-26)37(34,35)32-18-16-25-10-4-5-11-28(25)32/h1-15H,16-23H2/b9-6+. The molecule has 3 aromatic rings. The van der Waals surface area contributed by atoms with Crippen LogP contribution in [0.25, 0.3) is 6.08 Å². The fourth-order valence-electron chi connectivity index (χ4n) is 4.71. The molecule has 1 amide bonds. The largest absolute Gasteiger partial charge is 0.484 e. The predicted molar refractivity (Wildman–Crippen MR) is 145 cm³/mol. The average Bonchev–Trinajstić information content (AvgIpc) is 3.38. The molecule has 0 unspecified atom stereocenters. The number of anilines is 1. The Kier molecular flexibility index (Phi) is 7.58. The number of piperazine rings is 1. The fraction of sp³-hybridized carbons (Fsp3) is 0.276. The molecule has 0 aromatic heterocycles. The van der Waals surface area contributed by atoms with Gasteiger partial charge in [0.05, 0.1) is 10.6 Å². The lowest BCUT2D eigenvalue weighted by molar-refractivity contribution is -0.135. The van der Waals surface area contributed by atoms with E-state index in [-0.39, 0.29) is 17.4 Å². The maximum Gasteiger partial charge on any atom is 0.264 e. The second-order valence-electron chi connectivity index (χ2n) is 9.21. The molecule has 2 aliphatic rings. The van der Waals surface area contributed by atoms with Crippen molar-refractivity contribution < 1.29 is 17.9 Å². The van der Waals surface area contributed by atoms with Gasteiger partial charge in [-0.1, -0.05) is 60.7 Å². The van der Waals surface area contributed by atoms with E-state index in [4.69, 9.17) is 4.74 Å². The highest BCUT2D eigenvalue weighted by atomic mass is 32.2. The van der Waals surface area contributed by atoms with E-state index in [0.717, 1.165) is 30.9 Å². The normalized spacial score (nSPS) is 16.2. The Morgan fingerprint density at radius 2 is 1.54 bits per heavy atom. The number of carbonyl (C=O) groups is 1. The lowest BCUT2D eigenvalue weighted by Crippen LogP contribution is -2.49. The molecule has 8 heteroatoms. The molecule has 0 aliphatic carbocycles. The molecular formula is C29H31N3O4S. The summed E-state index contributed by atoms with van der Waals surface area (Å²) < 4.78 is 33.5. The number of hydrogen-bond donors (Lipinski definition) is 0. The minimum Gasteiger partial charge on any atom is -0.484 e. The smallest absolute Gasteiger partial charge is 0.264 e. The third-order valence-electron chi connectivity index (χ3n) is 6.82. The summed E-state index contributed by atoms with van der Waals surface area (Å²) in [5, 5.41) is 0. The van der Waals surface area contributed by atoms with Gasteiger partial charge in [0.15, 0.2) is 6.61 Å². The molecule has 3 aromatic carbocycles. The Labute approximate surface area is 218 Å². The van der Waals surface area contributed by atoms with Gasteiger partial charge in [-0.05, 0) is 47.9 Å². The molecule has 0 radical (unpaired) electrons. The van der Waals surface area contributed by atoms with Gasteiger partial charge in [-0.3, -0.25) is 14.0 Å². The fourth-order valence-corrected chi connectivity index (χ4v) is 6.21. The van der Waals surface area contributed by atoms with Crippen LogP contribution in [0.1, 0.15) is 11.1 Å². The van der Waals surface area contributed by atoms with Crippen LogP contribution in [0.4, 0.5) is 5.69 Å². The van der Waals surface area contributed by atoms with Gasteiger partial charge in [0, 0.05) is 39.3 Å². The maximum absolute atomic E-state index is 13.2. The Hall–Kier alpha value is -3.62. The van der Waals surface area contributed by atoms with Gasteiger partial charge in [0.1, 0.15) is 5.75 Å². The molecule has 5 rings (SSSR count). The monoisotopic (exact) mass is 517 g/mol.